The quantitative estimate of drug-likeness (QED) is 0.320. The van der Waals surface area contributed by atoms with Gasteiger partial charge in [-0.05, 0) is 44.7 Å². The number of nitrogens with zero attached hydrogens (tertiary/aromatic N) is 4. The Morgan fingerprint density at radius 3 is 2.63 bits per heavy atom. The third-order valence-electron chi connectivity index (χ3n) is 5.67. The van der Waals surface area contributed by atoms with E-state index >= 15 is 0 Å². The largest absolute Gasteiger partial charge is 0.359 e. The fourth-order valence-electron chi connectivity index (χ4n) is 3.83. The van der Waals surface area contributed by atoms with Gasteiger partial charge in [0.05, 0.1) is 12.2 Å². The second kappa shape index (κ2) is 12.1. The van der Waals surface area contributed by atoms with E-state index in [1.807, 2.05) is 13.0 Å². The number of nitrogens with one attached hydrogen (secondary N) is 2. The molecule has 0 amide bonds. The van der Waals surface area contributed by atoms with Gasteiger partial charge in [-0.1, -0.05) is 25.1 Å². The van der Waals surface area contributed by atoms with E-state index in [2.05, 4.69) is 62.7 Å². The van der Waals surface area contributed by atoms with E-state index < -0.39 is 0 Å². The number of anilines is 1. The van der Waals surface area contributed by atoms with Crippen molar-refractivity contribution in [1.29, 1.82) is 0 Å². The van der Waals surface area contributed by atoms with Gasteiger partial charge in [-0.2, -0.15) is 0 Å². The van der Waals surface area contributed by atoms with E-state index in [0.29, 0.717) is 18.5 Å². The van der Waals surface area contributed by atoms with Crippen molar-refractivity contribution in [3.05, 3.63) is 41.4 Å². The SMILES string of the molecule is CCC(CC)c1cc(CNC(=NC)NC2CCN(c3cccc(C)n3)CC2)on1.I. The molecule has 1 aliphatic rings. The van der Waals surface area contributed by atoms with Gasteiger partial charge in [-0.3, -0.25) is 4.99 Å². The van der Waals surface area contributed by atoms with Crippen molar-refractivity contribution >= 4 is 35.8 Å². The van der Waals surface area contributed by atoms with Gasteiger partial charge in [0.1, 0.15) is 5.82 Å². The average molecular weight is 526 g/mol. The molecule has 30 heavy (non-hydrogen) atoms. The highest BCUT2D eigenvalue weighted by molar-refractivity contribution is 14.0. The number of aryl methyl sites for hydroxylation is 1. The summed E-state index contributed by atoms with van der Waals surface area (Å²) in [4.78, 5) is 11.4. The standard InChI is InChI=1S/C22H34N6O.HI/c1-5-17(6-2)20-14-19(29-27-20)15-24-22(23-4)26-18-10-12-28(13-11-18)21-9-7-8-16(3)25-21;/h7-9,14,17-18H,5-6,10-13,15H2,1-4H3,(H2,23,24,26);1H. The zero-order chi connectivity index (χ0) is 20.6. The highest BCUT2D eigenvalue weighted by Crippen LogP contribution is 2.22. The van der Waals surface area contributed by atoms with Crippen molar-refractivity contribution in [1.82, 2.24) is 20.8 Å². The van der Waals surface area contributed by atoms with Gasteiger partial charge < -0.3 is 20.1 Å². The van der Waals surface area contributed by atoms with Crippen molar-refractivity contribution < 1.29 is 4.52 Å². The molecule has 2 aromatic heterocycles. The van der Waals surface area contributed by atoms with E-state index in [4.69, 9.17) is 4.52 Å². The molecular weight excluding hydrogens is 491 g/mol. The Labute approximate surface area is 197 Å². The first-order valence-electron chi connectivity index (χ1n) is 10.7. The van der Waals surface area contributed by atoms with Crippen molar-refractivity contribution in [2.45, 2.75) is 65.0 Å². The minimum atomic E-state index is 0. The molecule has 0 radical (unpaired) electrons. The van der Waals surface area contributed by atoms with Gasteiger partial charge in [-0.15, -0.1) is 24.0 Å². The van der Waals surface area contributed by atoms with Gasteiger partial charge in [0.2, 0.25) is 0 Å². The molecule has 7 nitrogen and oxygen atoms in total. The molecule has 2 aromatic rings. The lowest BCUT2D eigenvalue weighted by atomic mass is 9.99. The summed E-state index contributed by atoms with van der Waals surface area (Å²) >= 11 is 0. The molecule has 0 unspecified atom stereocenters. The molecule has 0 bridgehead atoms. The summed E-state index contributed by atoms with van der Waals surface area (Å²) in [7, 11) is 1.80. The fraction of sp³-hybridized carbons (Fsp3) is 0.591. The number of hydrogen-bond donors (Lipinski definition) is 2. The molecule has 3 heterocycles. The van der Waals surface area contributed by atoms with Crippen LogP contribution in [0.2, 0.25) is 0 Å². The first-order chi connectivity index (χ1) is 14.1. The number of hydrogen-bond acceptors (Lipinski definition) is 5. The monoisotopic (exact) mass is 526 g/mol. The third kappa shape index (κ3) is 6.58. The number of aromatic nitrogens is 2. The Morgan fingerprint density at radius 1 is 1.27 bits per heavy atom. The number of halogens is 1. The summed E-state index contributed by atoms with van der Waals surface area (Å²) < 4.78 is 5.50. The van der Waals surface area contributed by atoms with Gasteiger partial charge in [-0.25, -0.2) is 4.98 Å². The predicted molar refractivity (Wildman–Crippen MR) is 133 cm³/mol. The van der Waals surface area contributed by atoms with Crippen LogP contribution in [0.25, 0.3) is 0 Å². The van der Waals surface area contributed by atoms with Gasteiger partial charge >= 0.3 is 0 Å². The van der Waals surface area contributed by atoms with E-state index in [9.17, 15) is 0 Å². The van der Waals surface area contributed by atoms with Gasteiger partial charge in [0.25, 0.3) is 0 Å². The van der Waals surface area contributed by atoms with Gasteiger partial charge in [0.15, 0.2) is 11.7 Å². The molecule has 1 saturated heterocycles. The van der Waals surface area contributed by atoms with Crippen LogP contribution in [0.3, 0.4) is 0 Å². The zero-order valence-electron chi connectivity index (χ0n) is 18.5. The van der Waals surface area contributed by atoms with Crippen LogP contribution in [0.4, 0.5) is 5.82 Å². The molecule has 166 valence electrons. The van der Waals surface area contributed by atoms with Crippen molar-refractivity contribution in [3.8, 4) is 0 Å². The number of pyridine rings is 1. The van der Waals surface area contributed by atoms with Crippen LogP contribution in [0.1, 0.15) is 62.6 Å². The van der Waals surface area contributed by atoms with Crippen LogP contribution >= 0.6 is 24.0 Å². The lowest BCUT2D eigenvalue weighted by molar-refractivity contribution is 0.367. The number of rotatable bonds is 7. The Balaban J connectivity index is 0.00000320. The zero-order valence-corrected chi connectivity index (χ0v) is 20.8. The molecular formula is C22H35IN6O. The summed E-state index contributed by atoms with van der Waals surface area (Å²) in [6.07, 6.45) is 4.26. The van der Waals surface area contributed by atoms with Crippen molar-refractivity contribution in [2.24, 2.45) is 4.99 Å². The molecule has 0 aromatic carbocycles. The first-order valence-corrected chi connectivity index (χ1v) is 10.7. The van der Waals surface area contributed by atoms with Crippen LogP contribution in [0.15, 0.2) is 33.8 Å². The Morgan fingerprint density at radius 2 is 2.00 bits per heavy atom. The maximum Gasteiger partial charge on any atom is 0.191 e. The van der Waals surface area contributed by atoms with Crippen molar-refractivity contribution in [3.63, 3.8) is 0 Å². The van der Waals surface area contributed by atoms with Crippen LogP contribution in [-0.2, 0) is 6.54 Å². The van der Waals surface area contributed by atoms with E-state index in [1.54, 1.807) is 7.05 Å². The second-order valence-corrected chi connectivity index (χ2v) is 7.70. The smallest absolute Gasteiger partial charge is 0.191 e. The number of guanidine groups is 1. The van der Waals surface area contributed by atoms with E-state index in [1.165, 1.54) is 0 Å². The van der Waals surface area contributed by atoms with Crippen molar-refractivity contribution in [2.75, 3.05) is 25.0 Å². The Hall–Kier alpha value is -1.84. The normalized spacial score (nSPS) is 15.2. The minimum Gasteiger partial charge on any atom is -0.359 e. The van der Waals surface area contributed by atoms with Crippen LogP contribution in [0.5, 0.6) is 0 Å². The summed E-state index contributed by atoms with van der Waals surface area (Å²) in [6, 6.07) is 8.67. The summed E-state index contributed by atoms with van der Waals surface area (Å²) in [6.45, 7) is 8.98. The van der Waals surface area contributed by atoms with E-state index in [0.717, 1.165) is 67.7 Å². The molecule has 0 aliphatic carbocycles. The summed E-state index contributed by atoms with van der Waals surface area (Å²) in [5.41, 5.74) is 2.11. The number of piperidine rings is 1. The van der Waals surface area contributed by atoms with E-state index in [-0.39, 0.29) is 24.0 Å². The molecule has 0 spiro atoms. The first kappa shape index (κ1) is 24.4. The minimum absolute atomic E-state index is 0. The maximum absolute atomic E-state index is 5.50. The highest BCUT2D eigenvalue weighted by Gasteiger charge is 2.21. The molecule has 1 fully saturated rings. The Bertz CT molecular complexity index is 796. The lowest BCUT2D eigenvalue weighted by Gasteiger charge is -2.33. The maximum atomic E-state index is 5.50. The summed E-state index contributed by atoms with van der Waals surface area (Å²) in [5, 5.41) is 11.1. The predicted octanol–water partition coefficient (Wildman–Crippen LogP) is 4.23. The Kier molecular flexibility index (Phi) is 9.87. The molecule has 2 N–H and O–H groups in total. The molecule has 8 heteroatoms. The average Bonchev–Trinajstić information content (AvgIpc) is 3.21. The number of aliphatic imine (C=N–C) groups is 1. The highest BCUT2D eigenvalue weighted by atomic mass is 127. The molecule has 1 aliphatic heterocycles. The topological polar surface area (TPSA) is 78.6 Å². The van der Waals surface area contributed by atoms with Crippen LogP contribution < -0.4 is 15.5 Å². The van der Waals surface area contributed by atoms with Crippen LogP contribution in [0, 0.1) is 6.92 Å². The fourth-order valence-corrected chi connectivity index (χ4v) is 3.83. The summed E-state index contributed by atoms with van der Waals surface area (Å²) in [5.74, 6) is 3.19. The second-order valence-electron chi connectivity index (χ2n) is 7.70. The molecule has 0 saturated carbocycles. The third-order valence-corrected chi connectivity index (χ3v) is 5.67. The van der Waals surface area contributed by atoms with Gasteiger partial charge in [0, 0.05) is 43.9 Å². The molecule has 0 atom stereocenters. The van der Waals surface area contributed by atoms with Crippen LogP contribution in [-0.4, -0.2) is 42.3 Å². The molecule has 3 rings (SSSR count). The lowest BCUT2D eigenvalue weighted by Crippen LogP contribution is -2.48.